The summed E-state index contributed by atoms with van der Waals surface area (Å²) in [6.45, 7) is 0. The van der Waals surface area contributed by atoms with Gasteiger partial charge in [0.05, 0.1) is 13.2 Å². The second kappa shape index (κ2) is 6.08. The van der Waals surface area contributed by atoms with Crippen molar-refractivity contribution in [2.45, 2.75) is 18.6 Å². The molecule has 0 amide bonds. The lowest BCUT2D eigenvalue weighted by Gasteiger charge is -2.19. The van der Waals surface area contributed by atoms with Crippen LogP contribution in [-0.2, 0) is 0 Å². The van der Waals surface area contributed by atoms with Crippen molar-refractivity contribution in [2.75, 3.05) is 18.2 Å². The molecule has 0 aliphatic rings. The predicted molar refractivity (Wildman–Crippen MR) is 66.8 cm³/mol. The summed E-state index contributed by atoms with van der Waals surface area (Å²) in [4.78, 5) is 0. The Bertz CT molecular complexity index is 346. The number of benzene rings is 1. The van der Waals surface area contributed by atoms with Crippen LogP contribution >= 0.6 is 15.9 Å². The zero-order valence-electron chi connectivity index (χ0n) is 9.06. The van der Waals surface area contributed by atoms with E-state index in [2.05, 4.69) is 15.9 Å². The molecule has 2 unspecified atom stereocenters. The average Bonchev–Trinajstić information content (AvgIpc) is 2.28. The zero-order chi connectivity index (χ0) is 12.1. The van der Waals surface area contributed by atoms with Crippen molar-refractivity contribution in [3.63, 3.8) is 0 Å². The van der Waals surface area contributed by atoms with E-state index in [-0.39, 0.29) is 0 Å². The highest BCUT2D eigenvalue weighted by molar-refractivity contribution is 9.09. The van der Waals surface area contributed by atoms with Crippen LogP contribution in [0.4, 0.5) is 5.69 Å². The van der Waals surface area contributed by atoms with Crippen molar-refractivity contribution >= 4 is 21.6 Å². The Morgan fingerprint density at radius 3 is 2.69 bits per heavy atom. The van der Waals surface area contributed by atoms with E-state index in [9.17, 15) is 10.2 Å². The first-order valence-corrected chi connectivity index (χ1v) is 6.07. The number of nitrogen functional groups attached to an aromatic ring is 1. The number of aliphatic hydroxyl groups is 2. The Balaban J connectivity index is 2.93. The summed E-state index contributed by atoms with van der Waals surface area (Å²) in [5.41, 5.74) is 6.71. The molecule has 0 saturated carbocycles. The molecule has 0 radical (unpaired) electrons. The maximum absolute atomic E-state index is 9.93. The molecular weight excluding hydrogens is 274 g/mol. The summed E-state index contributed by atoms with van der Waals surface area (Å²) in [5, 5.41) is 20.3. The van der Waals surface area contributed by atoms with E-state index in [1.807, 2.05) is 0 Å². The highest BCUT2D eigenvalue weighted by atomic mass is 79.9. The molecule has 0 aliphatic heterocycles. The molecule has 0 aromatic heterocycles. The summed E-state index contributed by atoms with van der Waals surface area (Å²) >= 11 is 3.22. The molecule has 1 aromatic rings. The normalized spacial score (nSPS) is 14.5. The van der Waals surface area contributed by atoms with Gasteiger partial charge < -0.3 is 20.7 Å². The molecule has 90 valence electrons. The fourth-order valence-electron chi connectivity index (χ4n) is 1.45. The van der Waals surface area contributed by atoms with Gasteiger partial charge in [0, 0.05) is 22.6 Å². The van der Waals surface area contributed by atoms with Gasteiger partial charge in [-0.15, -0.1) is 0 Å². The van der Waals surface area contributed by atoms with E-state index in [1.165, 1.54) is 7.11 Å². The van der Waals surface area contributed by atoms with Gasteiger partial charge in [0.1, 0.15) is 11.9 Å². The second-order valence-electron chi connectivity index (χ2n) is 3.49. The first-order chi connectivity index (χ1) is 7.60. The quantitative estimate of drug-likeness (QED) is 0.567. The van der Waals surface area contributed by atoms with Crippen LogP contribution in [0.15, 0.2) is 18.2 Å². The first kappa shape index (κ1) is 13.3. The average molecular weight is 290 g/mol. The van der Waals surface area contributed by atoms with Gasteiger partial charge in [-0.1, -0.05) is 22.0 Å². The van der Waals surface area contributed by atoms with Crippen LogP contribution in [0.2, 0.25) is 0 Å². The number of ether oxygens (including phenoxy) is 1. The molecule has 0 spiro atoms. The van der Waals surface area contributed by atoms with Crippen LogP contribution in [-0.4, -0.2) is 28.8 Å². The lowest BCUT2D eigenvalue weighted by atomic mass is 10.0. The topological polar surface area (TPSA) is 75.7 Å². The van der Waals surface area contributed by atoms with E-state index in [1.54, 1.807) is 18.2 Å². The van der Waals surface area contributed by atoms with Crippen LogP contribution in [0.1, 0.15) is 18.1 Å². The van der Waals surface area contributed by atoms with E-state index < -0.39 is 12.2 Å². The minimum Gasteiger partial charge on any atom is -0.496 e. The van der Waals surface area contributed by atoms with Crippen LogP contribution in [0.25, 0.3) is 0 Å². The number of alkyl halides is 1. The summed E-state index contributed by atoms with van der Waals surface area (Å²) in [5.74, 6) is 0.487. The largest absolute Gasteiger partial charge is 0.496 e. The van der Waals surface area contributed by atoms with Gasteiger partial charge in [-0.05, 0) is 12.5 Å². The second-order valence-corrected chi connectivity index (χ2v) is 4.28. The number of methoxy groups -OCH3 is 1. The molecule has 0 aliphatic carbocycles. The Morgan fingerprint density at radius 1 is 1.44 bits per heavy atom. The number of rotatable bonds is 5. The van der Waals surface area contributed by atoms with Crippen LogP contribution in [0.5, 0.6) is 5.75 Å². The van der Waals surface area contributed by atoms with Gasteiger partial charge >= 0.3 is 0 Å². The van der Waals surface area contributed by atoms with Crippen molar-refractivity contribution in [2.24, 2.45) is 0 Å². The third-order valence-electron chi connectivity index (χ3n) is 2.35. The number of halogens is 1. The van der Waals surface area contributed by atoms with Crippen LogP contribution in [0, 0.1) is 0 Å². The van der Waals surface area contributed by atoms with Gasteiger partial charge in [-0.25, -0.2) is 0 Å². The van der Waals surface area contributed by atoms with Gasteiger partial charge in [0.15, 0.2) is 0 Å². The lowest BCUT2D eigenvalue weighted by Crippen LogP contribution is -2.19. The molecule has 0 saturated heterocycles. The molecule has 0 bridgehead atoms. The molecular formula is C11H16BrNO3. The minimum absolute atomic E-state index is 0.467. The Labute approximate surface area is 103 Å². The predicted octanol–water partition coefficient (Wildman–Crippen LogP) is 1.46. The number of hydrogen-bond donors (Lipinski definition) is 3. The molecule has 4 N–H and O–H groups in total. The van der Waals surface area contributed by atoms with E-state index in [4.69, 9.17) is 10.5 Å². The smallest absolute Gasteiger partial charge is 0.126 e. The number of hydrogen-bond acceptors (Lipinski definition) is 4. The van der Waals surface area contributed by atoms with E-state index >= 15 is 0 Å². The van der Waals surface area contributed by atoms with E-state index in [0.29, 0.717) is 28.8 Å². The van der Waals surface area contributed by atoms with Gasteiger partial charge in [0.25, 0.3) is 0 Å². The monoisotopic (exact) mass is 289 g/mol. The summed E-state index contributed by atoms with van der Waals surface area (Å²) in [6.07, 6.45) is -1.32. The van der Waals surface area contributed by atoms with E-state index in [0.717, 1.165) is 0 Å². The highest BCUT2D eigenvalue weighted by Gasteiger charge is 2.21. The van der Waals surface area contributed by atoms with Crippen molar-refractivity contribution in [3.8, 4) is 5.75 Å². The fourth-order valence-corrected chi connectivity index (χ4v) is 1.92. The summed E-state index contributed by atoms with van der Waals surface area (Å²) in [7, 11) is 1.50. The van der Waals surface area contributed by atoms with Crippen LogP contribution in [0.3, 0.4) is 0 Å². The maximum atomic E-state index is 9.93. The third-order valence-corrected chi connectivity index (χ3v) is 2.80. The summed E-state index contributed by atoms with van der Waals surface area (Å²) < 4.78 is 5.11. The van der Waals surface area contributed by atoms with Crippen molar-refractivity contribution in [3.05, 3.63) is 23.8 Å². The molecule has 5 heteroatoms. The van der Waals surface area contributed by atoms with Crippen molar-refractivity contribution in [1.82, 2.24) is 0 Å². The van der Waals surface area contributed by atoms with Gasteiger partial charge in [-0.3, -0.25) is 0 Å². The zero-order valence-corrected chi connectivity index (χ0v) is 10.6. The summed E-state index contributed by atoms with van der Waals surface area (Å²) in [6, 6.07) is 4.96. The minimum atomic E-state index is -0.965. The fraction of sp³-hybridized carbons (Fsp3) is 0.455. The van der Waals surface area contributed by atoms with Gasteiger partial charge in [0.2, 0.25) is 0 Å². The molecule has 1 rings (SSSR count). The first-order valence-electron chi connectivity index (χ1n) is 4.95. The van der Waals surface area contributed by atoms with Crippen LogP contribution < -0.4 is 10.5 Å². The maximum Gasteiger partial charge on any atom is 0.126 e. The number of anilines is 1. The van der Waals surface area contributed by atoms with Crippen molar-refractivity contribution < 1.29 is 14.9 Å². The standard InChI is InChI=1S/C11H16BrNO3/c1-16-10-6-7(13)2-3-8(10)11(15)9(14)4-5-12/h2-3,6,9,11,14-15H,4-5,13H2,1H3. The number of nitrogens with two attached hydrogens (primary N) is 1. The Kier molecular flexibility index (Phi) is 5.05. The highest BCUT2D eigenvalue weighted by Crippen LogP contribution is 2.30. The molecule has 0 heterocycles. The Morgan fingerprint density at radius 2 is 2.12 bits per heavy atom. The molecule has 0 fully saturated rings. The SMILES string of the molecule is COc1cc(N)ccc1C(O)C(O)CCBr. The molecule has 2 atom stereocenters. The lowest BCUT2D eigenvalue weighted by molar-refractivity contribution is 0.0160. The van der Waals surface area contributed by atoms with Gasteiger partial charge in [-0.2, -0.15) is 0 Å². The number of aliphatic hydroxyl groups excluding tert-OH is 2. The third kappa shape index (κ3) is 3.10. The Hall–Kier alpha value is -0.780. The molecule has 4 nitrogen and oxygen atoms in total. The molecule has 16 heavy (non-hydrogen) atoms. The van der Waals surface area contributed by atoms with Crippen molar-refractivity contribution in [1.29, 1.82) is 0 Å². The molecule has 1 aromatic carbocycles.